The molecule has 1 unspecified atom stereocenters. The van der Waals surface area contributed by atoms with Crippen molar-refractivity contribution in [3.8, 4) is 5.69 Å². The lowest BCUT2D eigenvalue weighted by molar-refractivity contribution is -0.137. The Bertz CT molecular complexity index is 977. The molecule has 6 nitrogen and oxygen atoms in total. The van der Waals surface area contributed by atoms with E-state index in [1.54, 1.807) is 17.7 Å². The highest BCUT2D eigenvalue weighted by atomic mass is 16.7. The average Bonchev–Trinajstić information content (AvgIpc) is 3.26. The summed E-state index contributed by atoms with van der Waals surface area (Å²) in [4.78, 5) is 26.0. The summed E-state index contributed by atoms with van der Waals surface area (Å²) in [5.74, 6) is -1.02. The normalized spacial score (nSPS) is 20.2. The van der Waals surface area contributed by atoms with E-state index < -0.39 is 5.79 Å². The molecule has 1 saturated heterocycles. The molecule has 4 rings (SSSR count). The number of pyridine rings is 1. The number of aromatic nitrogens is 1. The minimum atomic E-state index is -0.640. The zero-order valence-corrected chi connectivity index (χ0v) is 16.6. The topological polar surface area (TPSA) is 69.6 Å². The molecule has 1 aliphatic heterocycles. The minimum absolute atomic E-state index is 0.177. The van der Waals surface area contributed by atoms with Gasteiger partial charge in [-0.25, -0.2) is 0 Å². The summed E-state index contributed by atoms with van der Waals surface area (Å²) in [5, 5.41) is 2.83. The van der Waals surface area contributed by atoms with Gasteiger partial charge in [0, 0.05) is 12.7 Å². The summed E-state index contributed by atoms with van der Waals surface area (Å²) in [7, 11) is 0. The van der Waals surface area contributed by atoms with Crippen LogP contribution in [-0.4, -0.2) is 35.5 Å². The Labute approximate surface area is 164 Å². The number of carbonyl (C=O) groups is 1. The molecule has 1 aliphatic carbocycles. The van der Waals surface area contributed by atoms with Crippen molar-refractivity contribution in [2.45, 2.75) is 51.9 Å². The second-order valence-electron chi connectivity index (χ2n) is 7.98. The molecule has 28 heavy (non-hydrogen) atoms. The molecule has 1 aromatic heterocycles. The maximum Gasteiger partial charge on any atom is 0.268 e. The predicted molar refractivity (Wildman–Crippen MR) is 106 cm³/mol. The Morgan fingerprint density at radius 1 is 1.29 bits per heavy atom. The maximum atomic E-state index is 13.2. The summed E-state index contributed by atoms with van der Waals surface area (Å²) in [6.07, 6.45) is 4.64. The van der Waals surface area contributed by atoms with Gasteiger partial charge in [-0.15, -0.1) is 0 Å². The smallest absolute Gasteiger partial charge is 0.268 e. The van der Waals surface area contributed by atoms with Gasteiger partial charge < -0.3 is 14.8 Å². The van der Waals surface area contributed by atoms with Crippen LogP contribution in [0.2, 0.25) is 0 Å². The molecule has 1 atom stereocenters. The van der Waals surface area contributed by atoms with Crippen LogP contribution in [0.15, 0.2) is 35.3 Å². The van der Waals surface area contributed by atoms with E-state index in [9.17, 15) is 9.59 Å². The van der Waals surface area contributed by atoms with Gasteiger partial charge in [-0.2, -0.15) is 0 Å². The molecule has 0 radical (unpaired) electrons. The standard InChI is InChI=1S/C22H26N2O4/c1-14-10-11-24(18-9-5-7-15-6-4-8-17(15)18)21(26)19(14)20(25)23-12-16-13-27-22(2,3)28-16/h5,7,9-11,16H,4,6,8,12-13H2,1-3H3,(H,23,25). The van der Waals surface area contributed by atoms with Gasteiger partial charge in [0.15, 0.2) is 5.79 Å². The number of nitrogens with zero attached hydrogens (tertiary/aromatic N) is 1. The van der Waals surface area contributed by atoms with Gasteiger partial charge in [0.05, 0.1) is 12.3 Å². The molecule has 6 heteroatoms. The molecule has 1 aromatic carbocycles. The van der Waals surface area contributed by atoms with Crippen molar-refractivity contribution >= 4 is 5.91 Å². The summed E-state index contributed by atoms with van der Waals surface area (Å²) in [5.41, 5.74) is 3.92. The molecule has 2 aromatic rings. The molecule has 0 bridgehead atoms. The number of nitrogens with one attached hydrogen (secondary N) is 1. The van der Waals surface area contributed by atoms with E-state index >= 15 is 0 Å². The molecule has 148 valence electrons. The first kappa shape index (κ1) is 18.9. The van der Waals surface area contributed by atoms with Gasteiger partial charge in [0.25, 0.3) is 11.5 Å². The SMILES string of the molecule is Cc1ccn(-c2cccc3c2CCC3)c(=O)c1C(=O)NCC1COC(C)(C)O1. The Morgan fingerprint density at radius 3 is 2.86 bits per heavy atom. The van der Waals surface area contributed by atoms with Gasteiger partial charge in [0.1, 0.15) is 11.7 Å². The van der Waals surface area contributed by atoms with E-state index in [0.29, 0.717) is 18.7 Å². The number of carbonyl (C=O) groups excluding carboxylic acids is 1. The van der Waals surface area contributed by atoms with Crippen LogP contribution < -0.4 is 10.9 Å². The molecule has 0 saturated carbocycles. The first-order valence-corrected chi connectivity index (χ1v) is 9.79. The third-order valence-corrected chi connectivity index (χ3v) is 5.47. The molecule has 2 aliphatic rings. The van der Waals surface area contributed by atoms with Gasteiger partial charge >= 0.3 is 0 Å². The second-order valence-corrected chi connectivity index (χ2v) is 7.98. The molecular weight excluding hydrogens is 356 g/mol. The lowest BCUT2D eigenvalue weighted by Gasteiger charge is -2.17. The highest BCUT2D eigenvalue weighted by molar-refractivity contribution is 5.95. The number of fused-ring (bicyclic) bond motifs is 1. The van der Waals surface area contributed by atoms with Crippen LogP contribution in [0.5, 0.6) is 0 Å². The number of ether oxygens (including phenoxy) is 2. The van der Waals surface area contributed by atoms with Crippen LogP contribution in [0.1, 0.15) is 47.3 Å². The van der Waals surface area contributed by atoms with E-state index in [2.05, 4.69) is 11.4 Å². The van der Waals surface area contributed by atoms with Crippen molar-refractivity contribution < 1.29 is 14.3 Å². The lowest BCUT2D eigenvalue weighted by atomic mass is 10.1. The van der Waals surface area contributed by atoms with Gasteiger partial charge in [-0.05, 0) is 68.9 Å². The molecule has 2 heterocycles. The Kier molecular flexibility index (Phi) is 4.85. The van der Waals surface area contributed by atoms with E-state index in [4.69, 9.17) is 9.47 Å². The zero-order chi connectivity index (χ0) is 19.9. The van der Waals surface area contributed by atoms with Crippen molar-refractivity contribution in [1.29, 1.82) is 0 Å². The minimum Gasteiger partial charge on any atom is -0.349 e. The van der Waals surface area contributed by atoms with Crippen LogP contribution in [0.25, 0.3) is 5.69 Å². The van der Waals surface area contributed by atoms with Crippen molar-refractivity contribution in [2.24, 2.45) is 0 Å². The van der Waals surface area contributed by atoms with Gasteiger partial charge in [-0.1, -0.05) is 12.1 Å². The predicted octanol–water partition coefficient (Wildman–Crippen LogP) is 2.52. The largest absolute Gasteiger partial charge is 0.349 e. The van der Waals surface area contributed by atoms with Crippen molar-refractivity contribution in [3.63, 3.8) is 0 Å². The highest BCUT2D eigenvalue weighted by Crippen LogP contribution is 2.27. The maximum absolute atomic E-state index is 13.2. The van der Waals surface area contributed by atoms with Crippen LogP contribution in [0.4, 0.5) is 0 Å². The monoisotopic (exact) mass is 382 g/mol. The molecule has 1 N–H and O–H groups in total. The molecule has 1 fully saturated rings. The Balaban J connectivity index is 1.60. The lowest BCUT2D eigenvalue weighted by Crippen LogP contribution is -2.38. The summed E-state index contributed by atoms with van der Waals surface area (Å²) in [6, 6.07) is 7.87. The first-order valence-electron chi connectivity index (χ1n) is 9.79. The molecular formula is C22H26N2O4. The number of aryl methyl sites for hydroxylation is 2. The quantitative estimate of drug-likeness (QED) is 0.882. The first-order chi connectivity index (χ1) is 13.4. The fraction of sp³-hybridized carbons (Fsp3) is 0.455. The van der Waals surface area contributed by atoms with Crippen LogP contribution in [0.3, 0.4) is 0 Å². The molecule has 1 amide bonds. The Morgan fingerprint density at radius 2 is 2.11 bits per heavy atom. The third-order valence-electron chi connectivity index (χ3n) is 5.47. The van der Waals surface area contributed by atoms with Gasteiger partial charge in [0.2, 0.25) is 0 Å². The average molecular weight is 382 g/mol. The fourth-order valence-electron chi connectivity index (χ4n) is 4.08. The molecule has 0 spiro atoms. The van der Waals surface area contributed by atoms with E-state index in [0.717, 1.165) is 24.9 Å². The number of rotatable bonds is 4. The second kappa shape index (κ2) is 7.18. The summed E-state index contributed by atoms with van der Waals surface area (Å²) >= 11 is 0. The fourth-order valence-corrected chi connectivity index (χ4v) is 4.08. The van der Waals surface area contributed by atoms with Crippen LogP contribution in [0, 0.1) is 6.92 Å². The van der Waals surface area contributed by atoms with Gasteiger partial charge in [-0.3, -0.25) is 14.2 Å². The number of hydrogen-bond acceptors (Lipinski definition) is 4. The van der Waals surface area contributed by atoms with E-state index in [1.165, 1.54) is 11.1 Å². The van der Waals surface area contributed by atoms with Crippen LogP contribution in [-0.2, 0) is 22.3 Å². The Hall–Kier alpha value is -2.44. The summed E-state index contributed by atoms with van der Waals surface area (Å²) < 4.78 is 12.8. The number of amides is 1. The zero-order valence-electron chi connectivity index (χ0n) is 16.6. The van der Waals surface area contributed by atoms with Crippen LogP contribution >= 0.6 is 0 Å². The van der Waals surface area contributed by atoms with E-state index in [1.807, 2.05) is 32.0 Å². The third kappa shape index (κ3) is 3.50. The number of hydrogen-bond donors (Lipinski definition) is 1. The van der Waals surface area contributed by atoms with Crippen molar-refractivity contribution in [1.82, 2.24) is 9.88 Å². The highest BCUT2D eigenvalue weighted by Gasteiger charge is 2.33. The summed E-state index contributed by atoms with van der Waals surface area (Å²) in [6.45, 7) is 6.19. The van der Waals surface area contributed by atoms with E-state index in [-0.39, 0.29) is 23.1 Å². The van der Waals surface area contributed by atoms with Crippen molar-refractivity contribution in [3.05, 3.63) is 63.1 Å². The van der Waals surface area contributed by atoms with Crippen molar-refractivity contribution in [2.75, 3.05) is 13.2 Å². The number of benzene rings is 1.